The van der Waals surface area contributed by atoms with E-state index in [1.807, 2.05) is 6.07 Å². The molecule has 0 amide bonds. The number of hydrogen-bond donors (Lipinski definition) is 1. The first-order valence-corrected chi connectivity index (χ1v) is 6.02. The molecule has 0 atom stereocenters. The molecule has 0 aromatic heterocycles. The van der Waals surface area contributed by atoms with Crippen molar-refractivity contribution in [3.63, 3.8) is 0 Å². The van der Waals surface area contributed by atoms with Crippen LogP contribution in [0.25, 0.3) is 0 Å². The molecule has 1 fully saturated rings. The van der Waals surface area contributed by atoms with Crippen LogP contribution in [0.1, 0.15) is 36.8 Å². The quantitative estimate of drug-likeness (QED) is 0.835. The highest BCUT2D eigenvalue weighted by molar-refractivity contribution is 6.30. The van der Waals surface area contributed by atoms with Crippen LogP contribution in [0.3, 0.4) is 0 Å². The highest BCUT2D eigenvalue weighted by Crippen LogP contribution is 2.47. The average Bonchev–Trinajstić information content (AvgIpc) is 2.12. The van der Waals surface area contributed by atoms with E-state index in [9.17, 15) is 0 Å². The molecule has 15 heavy (non-hydrogen) atoms. The van der Waals surface area contributed by atoms with Gasteiger partial charge in [0.05, 0.1) is 0 Å². The molecule has 1 aliphatic rings. The van der Waals surface area contributed by atoms with Crippen molar-refractivity contribution in [3.05, 3.63) is 34.3 Å². The standard InChI is InChI=1S/C13H18ClN/c1-10-9-11(14)3-4-12(10)13(7-8-15)5-2-6-13/h3-4,9H,2,5-8,15H2,1H3. The zero-order valence-electron chi connectivity index (χ0n) is 9.22. The lowest BCUT2D eigenvalue weighted by Crippen LogP contribution is -2.37. The Morgan fingerprint density at radius 3 is 2.60 bits per heavy atom. The average molecular weight is 224 g/mol. The molecular formula is C13H18ClN. The summed E-state index contributed by atoms with van der Waals surface area (Å²) in [5.41, 5.74) is 8.86. The maximum Gasteiger partial charge on any atom is 0.0408 e. The van der Waals surface area contributed by atoms with Gasteiger partial charge >= 0.3 is 0 Å². The Kier molecular flexibility index (Phi) is 3.03. The Bertz CT molecular complexity index is 356. The second-order valence-corrected chi connectivity index (χ2v) is 5.07. The van der Waals surface area contributed by atoms with Crippen molar-refractivity contribution < 1.29 is 0 Å². The van der Waals surface area contributed by atoms with E-state index < -0.39 is 0 Å². The van der Waals surface area contributed by atoms with E-state index in [0.29, 0.717) is 5.41 Å². The van der Waals surface area contributed by atoms with Gasteiger partial charge in [-0.2, -0.15) is 0 Å². The summed E-state index contributed by atoms with van der Waals surface area (Å²) in [7, 11) is 0. The zero-order valence-corrected chi connectivity index (χ0v) is 9.98. The van der Waals surface area contributed by atoms with Crippen molar-refractivity contribution in [2.45, 2.75) is 38.0 Å². The van der Waals surface area contributed by atoms with Crippen LogP contribution in [0.2, 0.25) is 5.02 Å². The highest BCUT2D eigenvalue weighted by atomic mass is 35.5. The predicted octanol–water partition coefficient (Wildman–Crippen LogP) is 3.42. The van der Waals surface area contributed by atoms with Crippen molar-refractivity contribution in [1.82, 2.24) is 0 Å². The fourth-order valence-electron chi connectivity index (χ4n) is 2.76. The van der Waals surface area contributed by atoms with Crippen molar-refractivity contribution in [2.24, 2.45) is 5.73 Å². The smallest absolute Gasteiger partial charge is 0.0408 e. The van der Waals surface area contributed by atoms with Crippen molar-refractivity contribution >= 4 is 11.6 Å². The van der Waals surface area contributed by atoms with E-state index in [-0.39, 0.29) is 0 Å². The van der Waals surface area contributed by atoms with Crippen LogP contribution in [-0.4, -0.2) is 6.54 Å². The van der Waals surface area contributed by atoms with E-state index in [1.54, 1.807) is 0 Å². The maximum absolute atomic E-state index is 5.98. The number of rotatable bonds is 3. The van der Waals surface area contributed by atoms with Crippen LogP contribution in [0.4, 0.5) is 0 Å². The molecule has 0 aliphatic heterocycles. The van der Waals surface area contributed by atoms with Gasteiger partial charge in [0.2, 0.25) is 0 Å². The maximum atomic E-state index is 5.98. The third kappa shape index (κ3) is 1.91. The third-order valence-corrected chi connectivity index (χ3v) is 3.93. The Hall–Kier alpha value is -0.530. The number of nitrogens with two attached hydrogens (primary N) is 1. The summed E-state index contributed by atoms with van der Waals surface area (Å²) in [5.74, 6) is 0. The first kappa shape index (κ1) is 11.0. The second-order valence-electron chi connectivity index (χ2n) is 4.63. The van der Waals surface area contributed by atoms with Gasteiger partial charge in [0.25, 0.3) is 0 Å². The fourth-order valence-corrected chi connectivity index (χ4v) is 2.98. The summed E-state index contributed by atoms with van der Waals surface area (Å²) in [6.45, 7) is 2.93. The molecule has 0 heterocycles. The lowest BCUT2D eigenvalue weighted by molar-refractivity contribution is 0.228. The Morgan fingerprint density at radius 2 is 2.13 bits per heavy atom. The van der Waals surface area contributed by atoms with E-state index >= 15 is 0 Å². The van der Waals surface area contributed by atoms with Gasteiger partial charge in [-0.15, -0.1) is 0 Å². The molecule has 0 unspecified atom stereocenters. The summed E-state index contributed by atoms with van der Waals surface area (Å²) < 4.78 is 0. The van der Waals surface area contributed by atoms with Crippen molar-refractivity contribution in [3.8, 4) is 0 Å². The van der Waals surface area contributed by atoms with Gasteiger partial charge in [-0.05, 0) is 61.4 Å². The third-order valence-electron chi connectivity index (χ3n) is 3.69. The van der Waals surface area contributed by atoms with Crippen LogP contribution in [-0.2, 0) is 5.41 Å². The molecule has 1 aliphatic carbocycles. The van der Waals surface area contributed by atoms with Gasteiger partial charge in [0.1, 0.15) is 0 Å². The van der Waals surface area contributed by atoms with Gasteiger partial charge in [-0.25, -0.2) is 0 Å². The summed E-state index contributed by atoms with van der Waals surface area (Å²) >= 11 is 5.98. The van der Waals surface area contributed by atoms with Gasteiger partial charge in [0, 0.05) is 5.02 Å². The Morgan fingerprint density at radius 1 is 1.40 bits per heavy atom. The van der Waals surface area contributed by atoms with E-state index in [1.165, 1.54) is 30.4 Å². The summed E-state index contributed by atoms with van der Waals surface area (Å²) in [5, 5.41) is 0.832. The minimum absolute atomic E-state index is 0.365. The van der Waals surface area contributed by atoms with E-state index in [0.717, 1.165) is 18.0 Å². The summed E-state index contributed by atoms with van der Waals surface area (Å²) in [6.07, 6.45) is 5.01. The Balaban J connectivity index is 2.34. The van der Waals surface area contributed by atoms with Crippen LogP contribution < -0.4 is 5.73 Å². The van der Waals surface area contributed by atoms with Gasteiger partial charge in [0.15, 0.2) is 0 Å². The lowest BCUT2D eigenvalue weighted by Gasteiger charge is -2.43. The normalized spacial score (nSPS) is 18.6. The van der Waals surface area contributed by atoms with Crippen molar-refractivity contribution in [1.29, 1.82) is 0 Å². The SMILES string of the molecule is Cc1cc(Cl)ccc1C1(CCN)CCC1. The monoisotopic (exact) mass is 223 g/mol. The molecule has 1 aromatic rings. The molecule has 0 spiro atoms. The Labute approximate surface area is 96.6 Å². The molecular weight excluding hydrogens is 206 g/mol. The highest BCUT2D eigenvalue weighted by Gasteiger charge is 2.38. The minimum Gasteiger partial charge on any atom is -0.330 e. The predicted molar refractivity (Wildman–Crippen MR) is 65.4 cm³/mol. The van der Waals surface area contributed by atoms with E-state index in [4.69, 9.17) is 17.3 Å². The molecule has 2 rings (SSSR count). The molecule has 2 heteroatoms. The molecule has 0 bridgehead atoms. The molecule has 82 valence electrons. The van der Waals surface area contributed by atoms with Gasteiger partial charge in [-0.1, -0.05) is 24.1 Å². The lowest BCUT2D eigenvalue weighted by atomic mass is 9.61. The number of benzene rings is 1. The zero-order chi connectivity index (χ0) is 10.9. The van der Waals surface area contributed by atoms with Crippen LogP contribution >= 0.6 is 11.6 Å². The first-order chi connectivity index (χ1) is 7.18. The van der Waals surface area contributed by atoms with Gasteiger partial charge < -0.3 is 5.73 Å². The molecule has 0 saturated heterocycles. The molecule has 1 saturated carbocycles. The molecule has 1 aromatic carbocycles. The van der Waals surface area contributed by atoms with Crippen LogP contribution in [0.5, 0.6) is 0 Å². The molecule has 1 nitrogen and oxygen atoms in total. The van der Waals surface area contributed by atoms with Crippen molar-refractivity contribution in [2.75, 3.05) is 6.54 Å². The summed E-state index contributed by atoms with van der Waals surface area (Å²) in [4.78, 5) is 0. The fraction of sp³-hybridized carbons (Fsp3) is 0.538. The van der Waals surface area contributed by atoms with Gasteiger partial charge in [-0.3, -0.25) is 0 Å². The number of hydrogen-bond acceptors (Lipinski definition) is 1. The number of aryl methyl sites for hydroxylation is 1. The largest absolute Gasteiger partial charge is 0.330 e. The topological polar surface area (TPSA) is 26.0 Å². The minimum atomic E-state index is 0.365. The molecule has 0 radical (unpaired) electrons. The second kappa shape index (κ2) is 4.15. The van der Waals surface area contributed by atoms with Crippen LogP contribution in [0, 0.1) is 6.92 Å². The van der Waals surface area contributed by atoms with E-state index in [2.05, 4.69) is 19.1 Å². The summed E-state index contributed by atoms with van der Waals surface area (Å²) in [6, 6.07) is 6.25. The number of halogens is 1. The first-order valence-electron chi connectivity index (χ1n) is 5.65. The molecule has 2 N–H and O–H groups in total. The van der Waals surface area contributed by atoms with Crippen LogP contribution in [0.15, 0.2) is 18.2 Å².